The summed E-state index contributed by atoms with van der Waals surface area (Å²) in [5, 5.41) is 2.94. The Bertz CT molecular complexity index is 1020. The Balaban J connectivity index is 2.08. The molecule has 7 nitrogen and oxygen atoms in total. The van der Waals surface area contributed by atoms with Gasteiger partial charge in [-0.1, -0.05) is 63.2 Å². The van der Waals surface area contributed by atoms with E-state index >= 15 is 0 Å². The number of aryl methyl sites for hydroxylation is 1. The smallest absolute Gasteiger partial charge is 0.242 e. The normalized spacial score (nSPS) is 12.4. The third-order valence-corrected chi connectivity index (χ3v) is 7.14. The van der Waals surface area contributed by atoms with Crippen LogP contribution < -0.4 is 10.0 Å². The first-order valence-electron chi connectivity index (χ1n) is 11.8. The van der Waals surface area contributed by atoms with Gasteiger partial charge in [-0.25, -0.2) is 13.1 Å². The third kappa shape index (κ3) is 8.57. The van der Waals surface area contributed by atoms with Gasteiger partial charge in [0, 0.05) is 26.1 Å². The Morgan fingerprint density at radius 2 is 1.59 bits per heavy atom. The van der Waals surface area contributed by atoms with E-state index in [2.05, 4.69) is 23.9 Å². The molecule has 0 aliphatic heterocycles. The van der Waals surface area contributed by atoms with Gasteiger partial charge in [-0.05, 0) is 48.9 Å². The van der Waals surface area contributed by atoms with Crippen LogP contribution in [0.15, 0.2) is 59.5 Å². The summed E-state index contributed by atoms with van der Waals surface area (Å²) in [6.07, 6.45) is 1.55. The molecule has 2 aromatic carbocycles. The number of nitrogens with zero attached hydrogens (tertiary/aromatic N) is 1. The maximum atomic E-state index is 13.2. The van der Waals surface area contributed by atoms with E-state index in [1.165, 1.54) is 0 Å². The second-order valence-corrected chi connectivity index (χ2v) is 10.6. The van der Waals surface area contributed by atoms with Crippen molar-refractivity contribution in [2.75, 3.05) is 13.1 Å². The topological polar surface area (TPSA) is 95.6 Å². The van der Waals surface area contributed by atoms with Crippen molar-refractivity contribution in [3.05, 3.63) is 65.7 Å². The second-order valence-electron chi connectivity index (χ2n) is 8.80. The Labute approximate surface area is 204 Å². The van der Waals surface area contributed by atoms with Crippen molar-refractivity contribution in [2.45, 2.75) is 64.4 Å². The molecule has 1 atom stereocenters. The number of sulfonamides is 1. The lowest BCUT2D eigenvalue weighted by atomic mass is 10.1. The van der Waals surface area contributed by atoms with Crippen LogP contribution in [0, 0.1) is 5.92 Å². The summed E-state index contributed by atoms with van der Waals surface area (Å²) in [6, 6.07) is 15.5. The molecule has 0 saturated heterocycles. The second kappa shape index (κ2) is 13.2. The van der Waals surface area contributed by atoms with E-state index in [9.17, 15) is 18.0 Å². The van der Waals surface area contributed by atoms with Gasteiger partial charge in [0.05, 0.1) is 4.90 Å². The van der Waals surface area contributed by atoms with Crippen molar-refractivity contribution >= 4 is 21.8 Å². The highest BCUT2D eigenvalue weighted by Crippen LogP contribution is 2.15. The molecule has 0 saturated carbocycles. The number of hydrogen-bond donors (Lipinski definition) is 2. The summed E-state index contributed by atoms with van der Waals surface area (Å²) < 4.78 is 26.7. The quantitative estimate of drug-likeness (QED) is 0.452. The van der Waals surface area contributed by atoms with Gasteiger partial charge in [0.15, 0.2) is 0 Å². The van der Waals surface area contributed by atoms with E-state index in [1.807, 2.05) is 30.3 Å². The molecule has 0 spiro atoms. The highest BCUT2D eigenvalue weighted by atomic mass is 32.2. The highest BCUT2D eigenvalue weighted by molar-refractivity contribution is 7.89. The van der Waals surface area contributed by atoms with Gasteiger partial charge >= 0.3 is 0 Å². The lowest BCUT2D eigenvalue weighted by Gasteiger charge is -2.29. The maximum absolute atomic E-state index is 13.2. The van der Waals surface area contributed by atoms with E-state index in [0.717, 1.165) is 17.5 Å². The summed E-state index contributed by atoms with van der Waals surface area (Å²) in [7, 11) is -3.51. The molecule has 0 aliphatic carbocycles. The predicted molar refractivity (Wildman–Crippen MR) is 135 cm³/mol. The minimum atomic E-state index is -3.51. The number of nitrogens with one attached hydrogen (secondary N) is 2. The van der Waals surface area contributed by atoms with Gasteiger partial charge in [-0.2, -0.15) is 0 Å². The molecule has 2 N–H and O–H groups in total. The van der Waals surface area contributed by atoms with Gasteiger partial charge in [0.2, 0.25) is 21.8 Å². The molecule has 2 amide bonds. The van der Waals surface area contributed by atoms with Crippen LogP contribution in [0.2, 0.25) is 0 Å². The lowest BCUT2D eigenvalue weighted by molar-refractivity contribution is -0.140. The number of carbonyl (C=O) groups is 2. The highest BCUT2D eigenvalue weighted by Gasteiger charge is 2.25. The van der Waals surface area contributed by atoms with Crippen molar-refractivity contribution in [3.8, 4) is 0 Å². The maximum Gasteiger partial charge on any atom is 0.242 e. The largest absolute Gasteiger partial charge is 0.354 e. The zero-order valence-electron chi connectivity index (χ0n) is 20.6. The van der Waals surface area contributed by atoms with Crippen LogP contribution in [0.1, 0.15) is 51.7 Å². The first-order valence-corrected chi connectivity index (χ1v) is 13.3. The molecule has 0 unspecified atom stereocenters. The summed E-state index contributed by atoms with van der Waals surface area (Å²) in [6.45, 7) is 8.93. The summed E-state index contributed by atoms with van der Waals surface area (Å²) in [5.74, 6) is 0.194. The Kier molecular flexibility index (Phi) is 10.7. The first-order chi connectivity index (χ1) is 16.1. The molecule has 0 heterocycles. The van der Waals surface area contributed by atoms with Crippen LogP contribution in [0.5, 0.6) is 0 Å². The number of hydrogen-bond acceptors (Lipinski definition) is 4. The number of carbonyl (C=O) groups excluding carboxylic acids is 2. The standard InChI is InChI=1S/C26H37N3O4S/c1-5-28-34(32,33)24-14-11-22(12-15-24)13-16-25(30)29(19-23-9-7-6-8-10-23)21(4)26(31)27-18-17-20(2)3/h6-12,14-15,20-21,28H,5,13,16-19H2,1-4H3,(H,27,31)/t21-/m1/s1. The van der Waals surface area contributed by atoms with E-state index in [1.54, 1.807) is 43.0 Å². The first kappa shape index (κ1) is 27.5. The van der Waals surface area contributed by atoms with Crippen LogP contribution in [0.25, 0.3) is 0 Å². The van der Waals surface area contributed by atoms with Crippen LogP contribution in [-0.2, 0) is 32.6 Å². The van der Waals surface area contributed by atoms with Crippen LogP contribution in [0.3, 0.4) is 0 Å². The van der Waals surface area contributed by atoms with E-state index in [4.69, 9.17) is 0 Å². The molecule has 0 aliphatic rings. The van der Waals surface area contributed by atoms with Gasteiger partial charge < -0.3 is 10.2 Å². The van der Waals surface area contributed by atoms with Gasteiger partial charge in [-0.3, -0.25) is 9.59 Å². The third-order valence-electron chi connectivity index (χ3n) is 5.58. The van der Waals surface area contributed by atoms with Crippen LogP contribution >= 0.6 is 0 Å². The van der Waals surface area contributed by atoms with Crippen molar-refractivity contribution in [1.82, 2.24) is 14.9 Å². The summed E-state index contributed by atoms with van der Waals surface area (Å²) >= 11 is 0. The fraction of sp³-hybridized carbons (Fsp3) is 0.462. The van der Waals surface area contributed by atoms with Crippen molar-refractivity contribution in [2.24, 2.45) is 5.92 Å². The van der Waals surface area contributed by atoms with Gasteiger partial charge in [0.1, 0.15) is 6.04 Å². The molecule has 2 aromatic rings. The zero-order chi connectivity index (χ0) is 25.1. The molecule has 0 aromatic heterocycles. The van der Waals surface area contributed by atoms with Crippen molar-refractivity contribution in [1.29, 1.82) is 0 Å². The predicted octanol–water partition coefficient (Wildman–Crippen LogP) is 3.50. The van der Waals surface area contributed by atoms with Crippen molar-refractivity contribution < 1.29 is 18.0 Å². The lowest BCUT2D eigenvalue weighted by Crippen LogP contribution is -2.48. The van der Waals surface area contributed by atoms with Gasteiger partial charge in [0.25, 0.3) is 0 Å². The van der Waals surface area contributed by atoms with E-state index in [0.29, 0.717) is 32.0 Å². The average molecular weight is 488 g/mol. The number of benzene rings is 2. The monoisotopic (exact) mass is 487 g/mol. The van der Waals surface area contributed by atoms with Crippen LogP contribution in [0.4, 0.5) is 0 Å². The van der Waals surface area contributed by atoms with Crippen LogP contribution in [-0.4, -0.2) is 44.3 Å². The molecule has 0 radical (unpaired) electrons. The Morgan fingerprint density at radius 3 is 2.18 bits per heavy atom. The SMILES string of the molecule is CCNS(=O)(=O)c1ccc(CCC(=O)N(Cc2ccccc2)[C@H](C)C(=O)NCCC(C)C)cc1. The molecule has 0 bridgehead atoms. The van der Waals surface area contributed by atoms with E-state index < -0.39 is 16.1 Å². The molecule has 34 heavy (non-hydrogen) atoms. The molecular weight excluding hydrogens is 450 g/mol. The minimum Gasteiger partial charge on any atom is -0.354 e. The number of rotatable bonds is 13. The molecule has 8 heteroatoms. The number of amides is 2. The zero-order valence-corrected chi connectivity index (χ0v) is 21.4. The summed E-state index contributed by atoms with van der Waals surface area (Å²) in [4.78, 5) is 27.8. The average Bonchev–Trinajstić information content (AvgIpc) is 2.81. The van der Waals surface area contributed by atoms with E-state index in [-0.39, 0.29) is 23.1 Å². The molecule has 186 valence electrons. The fourth-order valence-electron chi connectivity index (χ4n) is 3.50. The fourth-order valence-corrected chi connectivity index (χ4v) is 4.54. The molecular formula is C26H37N3O4S. The Hall–Kier alpha value is -2.71. The van der Waals surface area contributed by atoms with Crippen molar-refractivity contribution in [3.63, 3.8) is 0 Å². The Morgan fingerprint density at radius 1 is 0.941 bits per heavy atom. The minimum absolute atomic E-state index is 0.125. The molecule has 0 fully saturated rings. The summed E-state index contributed by atoms with van der Waals surface area (Å²) in [5.41, 5.74) is 1.81. The molecule has 2 rings (SSSR count). The van der Waals surface area contributed by atoms with Gasteiger partial charge in [-0.15, -0.1) is 0 Å².